The molecule has 0 aliphatic rings. The van der Waals surface area contributed by atoms with Crippen molar-refractivity contribution in [3.05, 3.63) is 102 Å². The Labute approximate surface area is 205 Å². The summed E-state index contributed by atoms with van der Waals surface area (Å²) < 4.78 is 0. The van der Waals surface area contributed by atoms with E-state index < -0.39 is 0 Å². The van der Waals surface area contributed by atoms with Gasteiger partial charge in [0.1, 0.15) is 5.75 Å². The molecule has 0 saturated carbocycles. The molecule has 158 valence electrons. The number of aromatic nitrogens is 1. The Hall–Kier alpha value is -3.49. The summed E-state index contributed by atoms with van der Waals surface area (Å²) >= 11 is 0. The summed E-state index contributed by atoms with van der Waals surface area (Å²) in [7, 11) is 0. The van der Waals surface area contributed by atoms with Gasteiger partial charge in [0.15, 0.2) is 0 Å². The van der Waals surface area contributed by atoms with Crippen molar-refractivity contribution in [2.75, 3.05) is 0 Å². The number of phenolic OH excluding ortho intramolecular Hbond substituents is 2. The summed E-state index contributed by atoms with van der Waals surface area (Å²) in [6.45, 7) is 3.81. The van der Waals surface area contributed by atoms with Gasteiger partial charge < -0.3 is 10.2 Å². The molecule has 0 bridgehead atoms. The van der Waals surface area contributed by atoms with Crippen molar-refractivity contribution in [1.29, 1.82) is 0 Å². The zero-order valence-electron chi connectivity index (χ0n) is 18.6. The molecule has 5 aromatic carbocycles. The zero-order chi connectivity index (χ0) is 22.2. The molecule has 0 unspecified atom stereocenters. The van der Waals surface area contributed by atoms with Crippen LogP contribution in [-0.2, 0) is 19.5 Å². The third kappa shape index (κ3) is 4.03. The average Bonchev–Trinajstić information content (AvgIpc) is 2.83. The van der Waals surface area contributed by atoms with Crippen LogP contribution in [0.3, 0.4) is 0 Å². The number of hydrogen-bond donors (Lipinski definition) is 2. The molecule has 0 aliphatic carbocycles. The molecule has 0 saturated heterocycles. The summed E-state index contributed by atoms with van der Waals surface area (Å²) in [6, 6.07) is 29.0. The van der Waals surface area contributed by atoms with E-state index >= 15 is 0 Å². The first-order valence-corrected chi connectivity index (χ1v) is 10.5. The maximum atomic E-state index is 10.1. The van der Waals surface area contributed by atoms with Gasteiger partial charge in [0.05, 0.1) is 16.7 Å². The molecule has 0 radical (unpaired) electrons. The second-order valence-electron chi connectivity index (χ2n) is 8.00. The van der Waals surface area contributed by atoms with Crippen LogP contribution in [0.25, 0.3) is 43.2 Å². The Morgan fingerprint density at radius 2 is 1.18 bits per heavy atom. The van der Waals surface area contributed by atoms with Gasteiger partial charge in [-0.25, -0.2) is 0 Å². The fraction of sp³-hybridized carbons (Fsp3) is 0.0690. The van der Waals surface area contributed by atoms with Gasteiger partial charge in [-0.2, -0.15) is 0 Å². The van der Waals surface area contributed by atoms with Crippen molar-refractivity contribution in [1.82, 2.24) is 4.98 Å². The van der Waals surface area contributed by atoms with Gasteiger partial charge in [0, 0.05) is 31.1 Å². The van der Waals surface area contributed by atoms with Crippen LogP contribution in [-0.4, -0.2) is 15.2 Å². The van der Waals surface area contributed by atoms with Crippen molar-refractivity contribution >= 4 is 43.2 Å². The normalized spacial score (nSPS) is 10.7. The van der Waals surface area contributed by atoms with Crippen LogP contribution in [0.1, 0.15) is 11.1 Å². The predicted molar refractivity (Wildman–Crippen MR) is 132 cm³/mol. The zero-order valence-corrected chi connectivity index (χ0v) is 21.6. The van der Waals surface area contributed by atoms with Gasteiger partial charge in [-0.1, -0.05) is 60.0 Å². The first kappa shape index (κ1) is 22.7. The Morgan fingerprint density at radius 3 is 1.91 bits per heavy atom. The molecule has 1 heterocycles. The van der Waals surface area contributed by atoms with E-state index in [1.807, 2.05) is 86.6 Å². The minimum Gasteiger partial charge on any atom is -0.517 e. The topological polar surface area (TPSA) is 53.4 Å². The maximum Gasteiger partial charge on any atom is 0.128 e. The van der Waals surface area contributed by atoms with Crippen LogP contribution >= 0.6 is 0 Å². The Morgan fingerprint density at radius 1 is 0.636 bits per heavy atom. The molecule has 6 rings (SSSR count). The Balaban J connectivity index is 0.000000152. The molecule has 0 amide bonds. The fourth-order valence-electron chi connectivity index (χ4n) is 4.14. The minimum atomic E-state index is 0. The van der Waals surface area contributed by atoms with E-state index in [-0.39, 0.29) is 19.5 Å². The number of fused-ring (bicyclic) bond motifs is 6. The molecule has 3 nitrogen and oxygen atoms in total. The van der Waals surface area contributed by atoms with E-state index in [0.29, 0.717) is 11.5 Å². The van der Waals surface area contributed by atoms with Crippen molar-refractivity contribution in [2.24, 2.45) is 0 Å². The van der Waals surface area contributed by atoms with Crippen molar-refractivity contribution in [3.8, 4) is 11.5 Å². The van der Waals surface area contributed by atoms with Gasteiger partial charge >= 0.3 is 0 Å². The number of rotatable bonds is 0. The van der Waals surface area contributed by atoms with Crippen LogP contribution in [0.4, 0.5) is 0 Å². The molecule has 33 heavy (non-hydrogen) atoms. The van der Waals surface area contributed by atoms with Crippen molar-refractivity contribution in [3.63, 3.8) is 0 Å². The second-order valence-corrected chi connectivity index (χ2v) is 8.00. The number of phenols is 2. The van der Waals surface area contributed by atoms with Crippen LogP contribution in [0, 0.1) is 19.9 Å². The van der Waals surface area contributed by atoms with Gasteiger partial charge in [-0.3, -0.25) is 4.98 Å². The van der Waals surface area contributed by atoms with Crippen LogP contribution in [0.5, 0.6) is 11.5 Å². The third-order valence-electron chi connectivity index (χ3n) is 5.92. The standard InChI is InChI=1S/C15H11O.C14H11NO.Zn/c1-10-6-7-12-9-8-11-4-2-3-5-13(11)14(12)15(10)16;1-9-4-5-10-6-7-11-3-2-8-15-13(11)12(10)14(9)16;/h2-4,6-9,16H,1H3;2-8,16H,1H3;/q-1;;. The molecule has 4 heteroatoms. The summed E-state index contributed by atoms with van der Waals surface area (Å²) in [5, 5.41) is 27.2. The first-order chi connectivity index (χ1) is 15.5. The molecular formula is C29H22NO2Zn-. The van der Waals surface area contributed by atoms with Crippen LogP contribution in [0.15, 0.2) is 85.1 Å². The molecule has 1 aromatic heterocycles. The molecule has 2 N–H and O–H groups in total. The van der Waals surface area contributed by atoms with Gasteiger partial charge in [0.25, 0.3) is 0 Å². The second kappa shape index (κ2) is 9.17. The number of hydrogen-bond acceptors (Lipinski definition) is 3. The summed E-state index contributed by atoms with van der Waals surface area (Å²) in [6.07, 6.45) is 1.75. The van der Waals surface area contributed by atoms with E-state index in [2.05, 4.69) is 17.1 Å². The maximum absolute atomic E-state index is 10.1. The van der Waals surface area contributed by atoms with Crippen LogP contribution in [0.2, 0.25) is 0 Å². The fourth-order valence-corrected chi connectivity index (χ4v) is 4.14. The minimum absolute atomic E-state index is 0. The average molecular weight is 482 g/mol. The van der Waals surface area contributed by atoms with E-state index in [1.165, 1.54) is 0 Å². The van der Waals surface area contributed by atoms with Gasteiger partial charge in [-0.15, -0.1) is 35.0 Å². The first-order valence-electron chi connectivity index (χ1n) is 10.5. The summed E-state index contributed by atoms with van der Waals surface area (Å²) in [5.74, 6) is 0.701. The number of aryl methyl sites for hydroxylation is 2. The summed E-state index contributed by atoms with van der Waals surface area (Å²) in [4.78, 5) is 4.35. The van der Waals surface area contributed by atoms with E-state index in [1.54, 1.807) is 6.20 Å². The quantitative estimate of drug-likeness (QED) is 0.137. The van der Waals surface area contributed by atoms with Gasteiger partial charge in [0.2, 0.25) is 0 Å². The van der Waals surface area contributed by atoms with E-state index in [0.717, 1.165) is 54.3 Å². The number of nitrogens with zero attached hydrogens (tertiary/aromatic N) is 1. The Bertz CT molecular complexity index is 1500. The molecule has 6 aromatic rings. The van der Waals surface area contributed by atoms with Crippen molar-refractivity contribution < 1.29 is 29.7 Å². The monoisotopic (exact) mass is 480 g/mol. The summed E-state index contributed by atoms with van der Waals surface area (Å²) in [5.41, 5.74) is 2.64. The molecule has 0 atom stereocenters. The Kier molecular flexibility index (Phi) is 6.31. The smallest absolute Gasteiger partial charge is 0.128 e. The van der Waals surface area contributed by atoms with E-state index in [9.17, 15) is 10.2 Å². The number of benzene rings is 5. The van der Waals surface area contributed by atoms with Crippen LogP contribution < -0.4 is 0 Å². The molecule has 0 fully saturated rings. The number of pyridine rings is 1. The van der Waals surface area contributed by atoms with Crippen molar-refractivity contribution in [2.45, 2.75) is 13.8 Å². The molecular weight excluding hydrogens is 460 g/mol. The largest absolute Gasteiger partial charge is 0.517 e. The van der Waals surface area contributed by atoms with E-state index in [4.69, 9.17) is 0 Å². The SMILES string of the molecule is Cc1ccc2ccc3ccc[c-]c3c2c1O.Cc1ccc2ccc3cccnc3c2c1O.[Zn]. The van der Waals surface area contributed by atoms with Gasteiger partial charge in [-0.05, 0) is 41.8 Å². The predicted octanol–water partition coefficient (Wildman–Crippen LogP) is 7.21. The molecule has 0 aliphatic heterocycles. The third-order valence-corrected chi connectivity index (χ3v) is 5.92. The molecule has 0 spiro atoms. The number of aromatic hydroxyl groups is 2.